The van der Waals surface area contributed by atoms with Crippen molar-refractivity contribution >= 4 is 17.4 Å². The Hall–Kier alpha value is -1.03. The summed E-state index contributed by atoms with van der Waals surface area (Å²) in [6.45, 7) is 4.25. The largest absolute Gasteiger partial charge is 0.335 e. The highest BCUT2D eigenvalue weighted by Crippen LogP contribution is 2.26. The normalized spacial score (nSPS) is 17.2. The molecule has 2 N–H and O–H groups in total. The maximum atomic E-state index is 11.7. The van der Waals surface area contributed by atoms with Gasteiger partial charge in [-0.15, -0.1) is 11.3 Å². The van der Waals surface area contributed by atoms with Crippen LogP contribution in [-0.2, 0) is 0 Å². The van der Waals surface area contributed by atoms with Gasteiger partial charge in [-0.05, 0) is 30.2 Å². The molecule has 2 amide bonds. The maximum absolute atomic E-state index is 11.7. The Bertz CT molecular complexity index is 344. The lowest BCUT2D eigenvalue weighted by atomic mass is 10.0. The van der Waals surface area contributed by atoms with Crippen molar-refractivity contribution in [2.45, 2.75) is 38.8 Å². The van der Waals surface area contributed by atoms with E-state index in [1.807, 2.05) is 11.4 Å². The van der Waals surface area contributed by atoms with Crippen LogP contribution in [0, 0.1) is 5.92 Å². The summed E-state index contributed by atoms with van der Waals surface area (Å²) in [4.78, 5) is 12.9. The second-order valence-electron chi connectivity index (χ2n) is 4.63. The van der Waals surface area contributed by atoms with E-state index in [4.69, 9.17) is 0 Å². The lowest BCUT2D eigenvalue weighted by Gasteiger charge is -2.21. The van der Waals surface area contributed by atoms with Crippen molar-refractivity contribution in [3.05, 3.63) is 22.4 Å². The van der Waals surface area contributed by atoms with Crippen LogP contribution < -0.4 is 10.6 Å². The third-order valence-corrected chi connectivity index (χ3v) is 3.67. The van der Waals surface area contributed by atoms with E-state index in [0.29, 0.717) is 12.0 Å². The number of rotatable bonds is 4. The Morgan fingerprint density at radius 2 is 2.25 bits per heavy atom. The minimum Gasteiger partial charge on any atom is -0.335 e. The Kier molecular flexibility index (Phi) is 3.49. The fourth-order valence-electron chi connectivity index (χ4n) is 1.63. The standard InChI is InChI=1S/C12H18N2OS/c1-8(2)11(10-4-3-7-16-10)14-12(15)13-9-5-6-9/h3-4,7-9,11H,5-6H2,1-2H3,(H2,13,14,15). The SMILES string of the molecule is CC(C)C(NC(=O)NC1CC1)c1cccs1. The number of amides is 2. The number of urea groups is 1. The molecule has 0 radical (unpaired) electrons. The summed E-state index contributed by atoms with van der Waals surface area (Å²) < 4.78 is 0. The molecule has 1 saturated carbocycles. The van der Waals surface area contributed by atoms with E-state index in [9.17, 15) is 4.79 Å². The van der Waals surface area contributed by atoms with Gasteiger partial charge in [0.2, 0.25) is 0 Å². The molecule has 88 valence electrons. The smallest absolute Gasteiger partial charge is 0.315 e. The van der Waals surface area contributed by atoms with Crippen LogP contribution in [0.5, 0.6) is 0 Å². The van der Waals surface area contributed by atoms with E-state index in [2.05, 4.69) is 30.5 Å². The molecule has 1 aliphatic carbocycles. The summed E-state index contributed by atoms with van der Waals surface area (Å²) in [5.74, 6) is 0.406. The highest BCUT2D eigenvalue weighted by atomic mass is 32.1. The van der Waals surface area contributed by atoms with Gasteiger partial charge in [-0.2, -0.15) is 0 Å². The number of hydrogen-bond acceptors (Lipinski definition) is 2. The number of thiophene rings is 1. The molecular weight excluding hydrogens is 220 g/mol. The molecule has 1 heterocycles. The van der Waals surface area contributed by atoms with Crippen LogP contribution in [0.1, 0.15) is 37.6 Å². The van der Waals surface area contributed by atoms with Crippen molar-refractivity contribution in [3.63, 3.8) is 0 Å². The molecule has 1 atom stereocenters. The van der Waals surface area contributed by atoms with Crippen LogP contribution in [0.2, 0.25) is 0 Å². The van der Waals surface area contributed by atoms with E-state index < -0.39 is 0 Å². The number of carbonyl (C=O) groups is 1. The van der Waals surface area contributed by atoms with Gasteiger partial charge in [0.05, 0.1) is 6.04 Å². The number of nitrogens with one attached hydrogen (secondary N) is 2. The van der Waals surface area contributed by atoms with Crippen molar-refractivity contribution in [1.29, 1.82) is 0 Å². The Morgan fingerprint density at radius 1 is 1.50 bits per heavy atom. The van der Waals surface area contributed by atoms with Gasteiger partial charge < -0.3 is 10.6 Å². The molecule has 1 aliphatic rings. The lowest BCUT2D eigenvalue weighted by Crippen LogP contribution is -2.40. The summed E-state index contributed by atoms with van der Waals surface area (Å²) >= 11 is 1.69. The maximum Gasteiger partial charge on any atom is 0.315 e. The van der Waals surface area contributed by atoms with Crippen LogP contribution in [0.25, 0.3) is 0 Å². The van der Waals surface area contributed by atoms with Gasteiger partial charge in [0, 0.05) is 10.9 Å². The third-order valence-electron chi connectivity index (χ3n) is 2.72. The first kappa shape index (κ1) is 11.5. The van der Waals surface area contributed by atoms with Gasteiger partial charge in [-0.25, -0.2) is 4.79 Å². The molecule has 1 fully saturated rings. The van der Waals surface area contributed by atoms with Gasteiger partial charge in [0.15, 0.2) is 0 Å². The molecule has 4 heteroatoms. The molecule has 0 aliphatic heterocycles. The van der Waals surface area contributed by atoms with Gasteiger partial charge in [-0.1, -0.05) is 19.9 Å². The molecule has 0 bridgehead atoms. The molecule has 3 nitrogen and oxygen atoms in total. The van der Waals surface area contributed by atoms with Crippen molar-refractivity contribution in [2.24, 2.45) is 5.92 Å². The average Bonchev–Trinajstić information content (AvgIpc) is 2.87. The van der Waals surface area contributed by atoms with Gasteiger partial charge >= 0.3 is 6.03 Å². The van der Waals surface area contributed by atoms with Crippen LogP contribution >= 0.6 is 11.3 Å². The third kappa shape index (κ3) is 2.98. The summed E-state index contributed by atoms with van der Waals surface area (Å²) in [6.07, 6.45) is 2.25. The van der Waals surface area contributed by atoms with Gasteiger partial charge in [0.25, 0.3) is 0 Å². The van der Waals surface area contributed by atoms with Crippen LogP contribution in [0.15, 0.2) is 17.5 Å². The first-order chi connectivity index (χ1) is 7.66. The minimum atomic E-state index is -0.0328. The quantitative estimate of drug-likeness (QED) is 0.832. The number of carbonyl (C=O) groups excluding carboxylic acids is 1. The fraction of sp³-hybridized carbons (Fsp3) is 0.583. The second kappa shape index (κ2) is 4.87. The average molecular weight is 238 g/mol. The van der Waals surface area contributed by atoms with Crippen molar-refractivity contribution < 1.29 is 4.79 Å². The fourth-order valence-corrected chi connectivity index (χ4v) is 2.58. The van der Waals surface area contributed by atoms with E-state index in [1.165, 1.54) is 4.88 Å². The van der Waals surface area contributed by atoms with Crippen molar-refractivity contribution in [2.75, 3.05) is 0 Å². The Balaban J connectivity index is 1.94. The molecule has 2 rings (SSSR count). The molecule has 0 aromatic carbocycles. The molecule has 0 spiro atoms. The van der Waals surface area contributed by atoms with Crippen molar-refractivity contribution in [3.8, 4) is 0 Å². The van der Waals surface area contributed by atoms with Crippen molar-refractivity contribution in [1.82, 2.24) is 10.6 Å². The monoisotopic (exact) mass is 238 g/mol. The molecule has 1 unspecified atom stereocenters. The summed E-state index contributed by atoms with van der Waals surface area (Å²) in [5, 5.41) is 8.05. The molecule has 1 aromatic heterocycles. The molecule has 0 saturated heterocycles. The zero-order valence-electron chi connectivity index (χ0n) is 9.69. The topological polar surface area (TPSA) is 41.1 Å². The van der Waals surface area contributed by atoms with Gasteiger partial charge in [-0.3, -0.25) is 0 Å². The summed E-state index contributed by atoms with van der Waals surface area (Å²) in [5.41, 5.74) is 0. The first-order valence-electron chi connectivity index (χ1n) is 5.77. The lowest BCUT2D eigenvalue weighted by molar-refractivity contribution is 0.233. The van der Waals surface area contributed by atoms with Crippen LogP contribution in [-0.4, -0.2) is 12.1 Å². The van der Waals surface area contributed by atoms with Crippen LogP contribution in [0.3, 0.4) is 0 Å². The molecule has 1 aromatic rings. The van der Waals surface area contributed by atoms with Crippen LogP contribution in [0.4, 0.5) is 4.79 Å². The predicted octanol–water partition coefficient (Wildman–Crippen LogP) is 2.91. The minimum absolute atomic E-state index is 0.0328. The zero-order chi connectivity index (χ0) is 11.5. The zero-order valence-corrected chi connectivity index (χ0v) is 10.5. The summed E-state index contributed by atoms with van der Waals surface area (Å²) in [7, 11) is 0. The van der Waals surface area contributed by atoms with E-state index in [0.717, 1.165) is 12.8 Å². The van der Waals surface area contributed by atoms with E-state index in [1.54, 1.807) is 11.3 Å². The van der Waals surface area contributed by atoms with E-state index >= 15 is 0 Å². The molecule has 16 heavy (non-hydrogen) atoms. The Morgan fingerprint density at radius 3 is 2.75 bits per heavy atom. The highest BCUT2D eigenvalue weighted by molar-refractivity contribution is 7.10. The summed E-state index contributed by atoms with van der Waals surface area (Å²) in [6, 6.07) is 4.60. The predicted molar refractivity (Wildman–Crippen MR) is 66.6 cm³/mol. The highest BCUT2D eigenvalue weighted by Gasteiger charge is 2.25. The first-order valence-corrected chi connectivity index (χ1v) is 6.65. The second-order valence-corrected chi connectivity index (χ2v) is 5.61. The molecular formula is C12H18N2OS. The number of hydrogen-bond donors (Lipinski definition) is 2. The van der Waals surface area contributed by atoms with Gasteiger partial charge in [0.1, 0.15) is 0 Å². The Labute approximate surface area is 100 Å². The van der Waals surface area contributed by atoms with E-state index in [-0.39, 0.29) is 12.1 Å².